The quantitative estimate of drug-likeness (QED) is 0.836. The van der Waals surface area contributed by atoms with E-state index in [-0.39, 0.29) is 5.91 Å². The monoisotopic (exact) mass is 283 g/mol. The van der Waals surface area contributed by atoms with Crippen molar-refractivity contribution in [2.75, 3.05) is 26.7 Å². The van der Waals surface area contributed by atoms with Crippen molar-refractivity contribution in [2.45, 2.75) is 19.8 Å². The molecular weight excluding hydrogens is 262 g/mol. The Morgan fingerprint density at radius 3 is 2.43 bits per heavy atom. The fourth-order valence-corrected chi connectivity index (χ4v) is 2.73. The third-order valence-electron chi connectivity index (χ3n) is 4.25. The van der Waals surface area contributed by atoms with Crippen LogP contribution in [0.1, 0.15) is 35.7 Å². The fourth-order valence-electron chi connectivity index (χ4n) is 2.73. The summed E-state index contributed by atoms with van der Waals surface area (Å²) in [4.78, 5) is 20.9. The average molecular weight is 283 g/mol. The molecule has 0 spiro atoms. The van der Waals surface area contributed by atoms with Crippen LogP contribution in [-0.2, 0) is 0 Å². The summed E-state index contributed by atoms with van der Waals surface area (Å²) in [6, 6.07) is 7.85. The molecule has 2 heterocycles. The number of amides is 1. The molecule has 0 aromatic heterocycles. The van der Waals surface area contributed by atoms with Crippen molar-refractivity contribution in [3.05, 3.63) is 47.3 Å². The van der Waals surface area contributed by atoms with Gasteiger partial charge < -0.3 is 9.80 Å². The Labute approximate surface area is 125 Å². The molecule has 4 nitrogen and oxygen atoms in total. The predicted octanol–water partition coefficient (Wildman–Crippen LogP) is 2.52. The zero-order valence-corrected chi connectivity index (χ0v) is 12.7. The Hall–Kier alpha value is -2.10. The summed E-state index contributed by atoms with van der Waals surface area (Å²) in [6.07, 6.45) is 4.14. The lowest BCUT2D eigenvalue weighted by Crippen LogP contribution is -2.28. The molecule has 1 fully saturated rings. The van der Waals surface area contributed by atoms with Gasteiger partial charge in [-0.2, -0.15) is 0 Å². The van der Waals surface area contributed by atoms with Gasteiger partial charge in [-0.15, -0.1) is 0 Å². The normalized spacial score (nSPS) is 18.6. The third-order valence-corrected chi connectivity index (χ3v) is 4.25. The summed E-state index contributed by atoms with van der Waals surface area (Å²) < 4.78 is 0. The van der Waals surface area contributed by atoms with Crippen LogP contribution >= 0.6 is 0 Å². The first-order valence-corrected chi connectivity index (χ1v) is 7.49. The number of nitrogens with zero attached hydrogens (tertiary/aromatic N) is 3. The van der Waals surface area contributed by atoms with Crippen LogP contribution in [0.2, 0.25) is 0 Å². The van der Waals surface area contributed by atoms with E-state index in [0.717, 1.165) is 49.3 Å². The summed E-state index contributed by atoms with van der Waals surface area (Å²) in [5.74, 6) is 0.150. The summed E-state index contributed by atoms with van der Waals surface area (Å²) in [6.45, 7) is 4.64. The highest BCUT2D eigenvalue weighted by atomic mass is 16.2. The molecule has 1 saturated heterocycles. The minimum absolute atomic E-state index is 0.150. The number of carbonyl (C=O) groups excluding carboxylic acids is 1. The van der Waals surface area contributed by atoms with Crippen molar-refractivity contribution < 1.29 is 4.79 Å². The van der Waals surface area contributed by atoms with Crippen molar-refractivity contribution in [3.8, 4) is 0 Å². The number of likely N-dealkylation sites (tertiary alicyclic amines) is 1. The van der Waals surface area contributed by atoms with Gasteiger partial charge in [-0.05, 0) is 37.5 Å². The van der Waals surface area contributed by atoms with Crippen LogP contribution in [-0.4, -0.2) is 48.1 Å². The van der Waals surface area contributed by atoms with Crippen LogP contribution in [0.15, 0.2) is 41.2 Å². The van der Waals surface area contributed by atoms with Gasteiger partial charge in [0.15, 0.2) is 0 Å². The van der Waals surface area contributed by atoms with Gasteiger partial charge in [0.25, 0.3) is 5.91 Å². The second kappa shape index (κ2) is 5.72. The molecule has 1 aromatic rings. The number of likely N-dealkylation sites (N-methyl/N-ethyl adjacent to an activating group) is 1. The molecule has 0 aliphatic carbocycles. The standard InChI is InChI=1S/C17H21N3O/c1-13-11-18-16(12-19(13)2)14-5-7-15(8-6-14)17(21)20-9-3-4-10-20/h5-8,11H,3-4,9-10,12H2,1-2H3. The highest BCUT2D eigenvalue weighted by Gasteiger charge is 2.19. The Kier molecular flexibility index (Phi) is 3.78. The molecule has 0 unspecified atom stereocenters. The average Bonchev–Trinajstić information content (AvgIpc) is 3.04. The van der Waals surface area contributed by atoms with E-state index >= 15 is 0 Å². The van der Waals surface area contributed by atoms with Gasteiger partial charge in [0.05, 0.1) is 12.3 Å². The summed E-state index contributed by atoms with van der Waals surface area (Å²) in [5.41, 5.74) is 4.07. The third kappa shape index (κ3) is 2.84. The minimum atomic E-state index is 0.150. The Balaban J connectivity index is 1.77. The molecule has 110 valence electrons. The molecule has 0 radical (unpaired) electrons. The number of carbonyl (C=O) groups is 1. The summed E-state index contributed by atoms with van der Waals surface area (Å²) in [5, 5.41) is 0. The van der Waals surface area contributed by atoms with Gasteiger partial charge >= 0.3 is 0 Å². The van der Waals surface area contributed by atoms with E-state index in [1.165, 1.54) is 5.70 Å². The Morgan fingerprint density at radius 2 is 1.81 bits per heavy atom. The van der Waals surface area contributed by atoms with E-state index in [4.69, 9.17) is 0 Å². The van der Waals surface area contributed by atoms with Crippen LogP contribution in [0.25, 0.3) is 0 Å². The van der Waals surface area contributed by atoms with Crippen LogP contribution < -0.4 is 0 Å². The first-order chi connectivity index (χ1) is 10.1. The van der Waals surface area contributed by atoms with Gasteiger partial charge in [0, 0.05) is 37.6 Å². The van der Waals surface area contributed by atoms with Crippen LogP contribution in [0.3, 0.4) is 0 Å². The number of rotatable bonds is 2. The maximum atomic E-state index is 12.3. The van der Waals surface area contributed by atoms with E-state index < -0.39 is 0 Å². The van der Waals surface area contributed by atoms with Crippen LogP contribution in [0.4, 0.5) is 0 Å². The van der Waals surface area contributed by atoms with Gasteiger partial charge in [0.2, 0.25) is 0 Å². The molecule has 0 saturated carbocycles. The number of benzene rings is 1. The molecule has 2 aliphatic rings. The largest absolute Gasteiger partial charge is 0.371 e. The fraction of sp³-hybridized carbons (Fsp3) is 0.412. The molecule has 0 N–H and O–H groups in total. The maximum Gasteiger partial charge on any atom is 0.253 e. The lowest BCUT2D eigenvalue weighted by molar-refractivity contribution is 0.0793. The van der Waals surface area contributed by atoms with Gasteiger partial charge in [-0.25, -0.2) is 0 Å². The number of hydrogen-bond donors (Lipinski definition) is 0. The van der Waals surface area contributed by atoms with Crippen molar-refractivity contribution in [1.82, 2.24) is 9.80 Å². The molecule has 0 bridgehead atoms. The van der Waals surface area contributed by atoms with Gasteiger partial charge in [0.1, 0.15) is 0 Å². The van der Waals surface area contributed by atoms with Crippen molar-refractivity contribution in [3.63, 3.8) is 0 Å². The van der Waals surface area contributed by atoms with Crippen molar-refractivity contribution in [1.29, 1.82) is 0 Å². The Bertz CT molecular complexity index is 595. The maximum absolute atomic E-state index is 12.3. The van der Waals surface area contributed by atoms with Crippen LogP contribution in [0, 0.1) is 0 Å². The zero-order chi connectivity index (χ0) is 14.8. The van der Waals surface area contributed by atoms with E-state index in [1.807, 2.05) is 35.4 Å². The smallest absolute Gasteiger partial charge is 0.253 e. The highest BCUT2D eigenvalue weighted by molar-refractivity contribution is 6.04. The summed E-state index contributed by atoms with van der Waals surface area (Å²) in [7, 11) is 2.06. The van der Waals surface area contributed by atoms with E-state index in [9.17, 15) is 4.79 Å². The number of hydrogen-bond acceptors (Lipinski definition) is 3. The lowest BCUT2D eigenvalue weighted by Gasteiger charge is -2.24. The second-order valence-corrected chi connectivity index (χ2v) is 5.78. The van der Waals surface area contributed by atoms with Crippen molar-refractivity contribution >= 4 is 11.6 Å². The van der Waals surface area contributed by atoms with Crippen LogP contribution in [0.5, 0.6) is 0 Å². The first kappa shape index (κ1) is 13.9. The SMILES string of the molecule is CC1=CN=C(c2ccc(C(=O)N3CCCC3)cc2)CN1C. The first-order valence-electron chi connectivity index (χ1n) is 7.49. The molecule has 0 atom stereocenters. The molecule has 21 heavy (non-hydrogen) atoms. The predicted molar refractivity (Wildman–Crippen MR) is 84.5 cm³/mol. The number of aliphatic imine (C=N–C) groups is 1. The van der Waals surface area contributed by atoms with E-state index in [0.29, 0.717) is 0 Å². The molecule has 2 aliphatic heterocycles. The summed E-state index contributed by atoms with van der Waals surface area (Å²) >= 11 is 0. The topological polar surface area (TPSA) is 35.9 Å². The molecule has 4 heteroatoms. The number of allylic oxidation sites excluding steroid dienone is 1. The second-order valence-electron chi connectivity index (χ2n) is 5.78. The Morgan fingerprint density at radius 1 is 1.14 bits per heavy atom. The van der Waals surface area contributed by atoms with Gasteiger partial charge in [-0.3, -0.25) is 9.79 Å². The zero-order valence-electron chi connectivity index (χ0n) is 12.7. The minimum Gasteiger partial charge on any atom is -0.371 e. The lowest BCUT2D eigenvalue weighted by atomic mass is 10.1. The molecule has 1 aromatic carbocycles. The van der Waals surface area contributed by atoms with E-state index in [1.54, 1.807) is 0 Å². The van der Waals surface area contributed by atoms with E-state index in [2.05, 4.69) is 23.9 Å². The van der Waals surface area contributed by atoms with Crippen molar-refractivity contribution in [2.24, 2.45) is 4.99 Å². The van der Waals surface area contributed by atoms with Gasteiger partial charge in [-0.1, -0.05) is 12.1 Å². The highest BCUT2D eigenvalue weighted by Crippen LogP contribution is 2.16. The molecule has 3 rings (SSSR count). The molecular formula is C17H21N3O. The molecule has 1 amide bonds.